The Balaban J connectivity index is 3.61. The van der Waals surface area contributed by atoms with Crippen LogP contribution in [0, 0.1) is 0 Å². The molecule has 0 aromatic heterocycles. The summed E-state index contributed by atoms with van der Waals surface area (Å²) >= 11 is 0. The quantitative estimate of drug-likeness (QED) is 0.420. The third-order valence-corrected chi connectivity index (χ3v) is 3.31. The minimum absolute atomic E-state index is 0.510. The van der Waals surface area contributed by atoms with Gasteiger partial charge in [-0.05, 0) is 44.9 Å². The zero-order valence-corrected chi connectivity index (χ0v) is 15.1. The number of hydrogen-bond acceptors (Lipinski definition) is 2. The van der Waals surface area contributed by atoms with Gasteiger partial charge in [-0.2, -0.15) is 0 Å². The van der Waals surface area contributed by atoms with Crippen molar-refractivity contribution in [2.75, 3.05) is 7.11 Å². The maximum Gasteiger partial charge on any atom is 0.332 e. The van der Waals surface area contributed by atoms with Gasteiger partial charge >= 0.3 is 5.97 Å². The van der Waals surface area contributed by atoms with Crippen molar-refractivity contribution in [1.82, 2.24) is 0 Å². The molecular formula is C21H32O3. The predicted molar refractivity (Wildman–Crippen MR) is 102 cm³/mol. The van der Waals surface area contributed by atoms with E-state index in [1.165, 1.54) is 7.11 Å². The Morgan fingerprint density at radius 1 is 0.833 bits per heavy atom. The van der Waals surface area contributed by atoms with E-state index in [-0.39, 0.29) is 0 Å². The Labute approximate surface area is 147 Å². The number of ether oxygens (including phenoxy) is 1. The van der Waals surface area contributed by atoms with Crippen LogP contribution in [0.5, 0.6) is 0 Å². The molecule has 1 atom stereocenters. The minimum atomic E-state index is -0.898. The number of carboxylic acid groups (broad SMARTS) is 1. The van der Waals surface area contributed by atoms with E-state index in [0.717, 1.165) is 38.5 Å². The Kier molecular flexibility index (Phi) is 16.1. The predicted octanol–water partition coefficient (Wildman–Crippen LogP) is 5.62. The largest absolute Gasteiger partial charge is 0.479 e. The van der Waals surface area contributed by atoms with Gasteiger partial charge in [0.2, 0.25) is 0 Å². The molecule has 0 saturated heterocycles. The van der Waals surface area contributed by atoms with Crippen LogP contribution in [0.3, 0.4) is 0 Å². The van der Waals surface area contributed by atoms with Crippen molar-refractivity contribution in [3.8, 4) is 0 Å². The number of rotatable bonds is 14. The first kappa shape index (κ1) is 22.1. The first-order valence-corrected chi connectivity index (χ1v) is 8.72. The van der Waals surface area contributed by atoms with Crippen molar-refractivity contribution >= 4 is 5.97 Å². The lowest BCUT2D eigenvalue weighted by molar-refractivity contribution is -0.148. The lowest BCUT2D eigenvalue weighted by Crippen LogP contribution is -2.21. The molecule has 0 fully saturated rings. The van der Waals surface area contributed by atoms with E-state index < -0.39 is 12.1 Å². The van der Waals surface area contributed by atoms with Gasteiger partial charge in [0.05, 0.1) is 0 Å². The summed E-state index contributed by atoms with van der Waals surface area (Å²) in [4.78, 5) is 10.7. The van der Waals surface area contributed by atoms with E-state index in [0.29, 0.717) is 6.42 Å². The molecule has 24 heavy (non-hydrogen) atoms. The van der Waals surface area contributed by atoms with Crippen LogP contribution in [0.15, 0.2) is 60.8 Å². The van der Waals surface area contributed by atoms with Crippen molar-refractivity contribution in [3.63, 3.8) is 0 Å². The number of carboxylic acids is 1. The van der Waals surface area contributed by atoms with Gasteiger partial charge in [-0.3, -0.25) is 0 Å². The van der Waals surface area contributed by atoms with Crippen LogP contribution in [-0.4, -0.2) is 24.3 Å². The Bertz CT molecular complexity index is 442. The lowest BCUT2D eigenvalue weighted by Gasteiger charge is -2.07. The first-order chi connectivity index (χ1) is 11.7. The molecule has 0 heterocycles. The average molecular weight is 332 g/mol. The van der Waals surface area contributed by atoms with E-state index in [4.69, 9.17) is 9.84 Å². The molecule has 0 rings (SSSR count). The molecule has 0 aromatic rings. The summed E-state index contributed by atoms with van der Waals surface area (Å²) in [6, 6.07) is 0. The summed E-state index contributed by atoms with van der Waals surface area (Å²) in [5.41, 5.74) is 0. The minimum Gasteiger partial charge on any atom is -0.479 e. The highest BCUT2D eigenvalue weighted by atomic mass is 16.5. The highest BCUT2D eigenvalue weighted by Crippen LogP contribution is 2.03. The van der Waals surface area contributed by atoms with Crippen LogP contribution in [0.4, 0.5) is 0 Å². The van der Waals surface area contributed by atoms with Gasteiger partial charge in [0.1, 0.15) is 0 Å². The van der Waals surface area contributed by atoms with Gasteiger partial charge in [0.15, 0.2) is 6.10 Å². The van der Waals surface area contributed by atoms with E-state index in [1.54, 1.807) is 0 Å². The topological polar surface area (TPSA) is 46.5 Å². The van der Waals surface area contributed by atoms with Crippen molar-refractivity contribution < 1.29 is 14.6 Å². The van der Waals surface area contributed by atoms with Crippen LogP contribution in [0.25, 0.3) is 0 Å². The molecule has 0 radical (unpaired) electrons. The van der Waals surface area contributed by atoms with Crippen LogP contribution in [0.2, 0.25) is 0 Å². The van der Waals surface area contributed by atoms with Gasteiger partial charge in [-0.1, -0.05) is 67.7 Å². The fourth-order valence-electron chi connectivity index (χ4n) is 1.96. The van der Waals surface area contributed by atoms with Gasteiger partial charge in [-0.25, -0.2) is 4.79 Å². The normalized spacial score (nSPS) is 14.1. The molecule has 3 nitrogen and oxygen atoms in total. The highest BCUT2D eigenvalue weighted by Gasteiger charge is 2.14. The molecule has 0 aliphatic rings. The Morgan fingerprint density at radius 2 is 1.25 bits per heavy atom. The molecule has 0 aliphatic heterocycles. The van der Waals surface area contributed by atoms with Crippen molar-refractivity contribution in [3.05, 3.63) is 60.8 Å². The molecule has 134 valence electrons. The van der Waals surface area contributed by atoms with Crippen molar-refractivity contribution in [1.29, 1.82) is 0 Å². The Morgan fingerprint density at radius 3 is 1.62 bits per heavy atom. The number of aliphatic carboxylic acids is 1. The molecule has 1 N–H and O–H groups in total. The van der Waals surface area contributed by atoms with Crippen LogP contribution >= 0.6 is 0 Å². The maximum absolute atomic E-state index is 10.7. The zero-order valence-electron chi connectivity index (χ0n) is 15.1. The molecule has 0 amide bonds. The fourth-order valence-corrected chi connectivity index (χ4v) is 1.96. The second kappa shape index (κ2) is 17.5. The number of carbonyl (C=O) groups is 1. The Hall–Kier alpha value is -1.87. The van der Waals surface area contributed by atoms with E-state index in [9.17, 15) is 4.79 Å². The smallest absolute Gasteiger partial charge is 0.332 e. The molecule has 0 spiro atoms. The fraction of sp³-hybridized carbons (Fsp3) is 0.476. The second-order valence-corrected chi connectivity index (χ2v) is 5.35. The lowest BCUT2D eigenvalue weighted by atomic mass is 10.2. The summed E-state index contributed by atoms with van der Waals surface area (Å²) in [7, 11) is 1.43. The number of hydrogen-bond donors (Lipinski definition) is 1. The monoisotopic (exact) mass is 332 g/mol. The molecule has 0 saturated carbocycles. The van der Waals surface area contributed by atoms with E-state index >= 15 is 0 Å². The second-order valence-electron chi connectivity index (χ2n) is 5.35. The van der Waals surface area contributed by atoms with Crippen LogP contribution in [0.1, 0.15) is 51.9 Å². The van der Waals surface area contributed by atoms with Crippen molar-refractivity contribution in [2.45, 2.75) is 58.0 Å². The van der Waals surface area contributed by atoms with Gasteiger partial charge in [0.25, 0.3) is 0 Å². The molecule has 1 unspecified atom stereocenters. The SMILES string of the molecule is CCC=CCC=CCC=CCC=CCC=CCCC(OC)C(=O)O. The van der Waals surface area contributed by atoms with Crippen LogP contribution < -0.4 is 0 Å². The summed E-state index contributed by atoms with van der Waals surface area (Å²) < 4.78 is 4.87. The van der Waals surface area contributed by atoms with Gasteiger partial charge in [0, 0.05) is 7.11 Å². The van der Waals surface area contributed by atoms with E-state index in [1.807, 2.05) is 6.08 Å². The molecule has 0 aliphatic carbocycles. The molecule has 0 bridgehead atoms. The third kappa shape index (κ3) is 15.0. The van der Waals surface area contributed by atoms with Crippen LogP contribution in [-0.2, 0) is 9.53 Å². The third-order valence-electron chi connectivity index (χ3n) is 3.31. The molecule has 0 aromatic carbocycles. The maximum atomic E-state index is 10.7. The molecular weight excluding hydrogens is 300 g/mol. The average Bonchev–Trinajstić information content (AvgIpc) is 2.57. The van der Waals surface area contributed by atoms with Gasteiger partial charge < -0.3 is 9.84 Å². The number of methoxy groups -OCH3 is 1. The standard InChI is InChI=1S/C21H32O3/c1-3-4-5-6-7-8-9-10-11-12-13-14-15-16-17-18-19-20(24-2)21(22)23/h4-5,7-8,10-11,13-14,16-17,20H,3,6,9,12,15,18-19H2,1-2H3,(H,22,23). The summed E-state index contributed by atoms with van der Waals surface area (Å²) in [5, 5.41) is 8.82. The summed E-state index contributed by atoms with van der Waals surface area (Å²) in [6.07, 6.45) is 26.9. The van der Waals surface area contributed by atoms with E-state index in [2.05, 4.69) is 61.6 Å². The molecule has 3 heteroatoms. The summed E-state index contributed by atoms with van der Waals surface area (Å²) in [6.45, 7) is 2.14. The first-order valence-electron chi connectivity index (χ1n) is 8.72. The van der Waals surface area contributed by atoms with Gasteiger partial charge in [-0.15, -0.1) is 0 Å². The van der Waals surface area contributed by atoms with Crippen molar-refractivity contribution in [2.24, 2.45) is 0 Å². The zero-order chi connectivity index (χ0) is 17.9. The number of allylic oxidation sites excluding steroid dienone is 10. The highest BCUT2D eigenvalue weighted by molar-refractivity contribution is 5.72. The summed E-state index contributed by atoms with van der Waals surface area (Å²) in [5.74, 6) is -0.898.